The predicted molar refractivity (Wildman–Crippen MR) is 84.0 cm³/mol. The van der Waals surface area contributed by atoms with Gasteiger partial charge in [0, 0.05) is 5.56 Å². The van der Waals surface area contributed by atoms with Gasteiger partial charge in [0.05, 0.1) is 0 Å². The fourth-order valence-corrected chi connectivity index (χ4v) is 2.43. The van der Waals surface area contributed by atoms with Crippen LogP contribution in [-0.4, -0.2) is 30.4 Å². The lowest BCUT2D eigenvalue weighted by Gasteiger charge is -2.28. The molecule has 0 saturated carbocycles. The molecule has 2 aliphatic heterocycles. The van der Waals surface area contributed by atoms with Gasteiger partial charge in [0.25, 0.3) is 5.91 Å². The smallest absolute Gasteiger partial charge is 0.253 e. The molecule has 2 heterocycles. The predicted octanol–water partition coefficient (Wildman–Crippen LogP) is 2.35. The van der Waals surface area contributed by atoms with Crippen molar-refractivity contribution in [3.63, 3.8) is 0 Å². The summed E-state index contributed by atoms with van der Waals surface area (Å²) in [5.41, 5.74) is 0.465. The molecule has 1 amide bonds. The molecule has 1 aromatic rings. The van der Waals surface area contributed by atoms with Crippen LogP contribution in [0.1, 0.15) is 39.7 Å². The monoisotopic (exact) mass is 275 g/mol. The van der Waals surface area contributed by atoms with Gasteiger partial charge >= 0.3 is 0 Å². The van der Waals surface area contributed by atoms with E-state index in [-0.39, 0.29) is 13.3 Å². The second kappa shape index (κ2) is 7.20. The summed E-state index contributed by atoms with van der Waals surface area (Å²) in [7, 11) is 0. The summed E-state index contributed by atoms with van der Waals surface area (Å²) < 4.78 is 0. The highest BCUT2D eigenvalue weighted by Crippen LogP contribution is 2.28. The molecule has 1 spiro atoms. The number of hydrogen-bond acceptors (Lipinski definition) is 3. The van der Waals surface area contributed by atoms with Gasteiger partial charge in [0.2, 0.25) is 0 Å². The lowest BCUT2D eigenvalue weighted by Crippen LogP contribution is -2.47. The molecule has 0 unspecified atom stereocenters. The van der Waals surface area contributed by atoms with Gasteiger partial charge in [-0.3, -0.25) is 9.79 Å². The lowest BCUT2D eigenvalue weighted by molar-refractivity contribution is -0.124. The number of amides is 1. The van der Waals surface area contributed by atoms with E-state index in [4.69, 9.17) is 0 Å². The zero-order valence-corrected chi connectivity index (χ0v) is 11.6. The number of aliphatic imine (C=N–C) groups is 1. The van der Waals surface area contributed by atoms with Gasteiger partial charge < -0.3 is 10.6 Å². The van der Waals surface area contributed by atoms with Crippen molar-refractivity contribution in [3.8, 4) is 0 Å². The van der Waals surface area contributed by atoms with Crippen LogP contribution in [0, 0.1) is 0 Å². The van der Waals surface area contributed by atoms with E-state index >= 15 is 0 Å². The maximum Gasteiger partial charge on any atom is 0.253 e. The van der Waals surface area contributed by atoms with Gasteiger partial charge in [-0.2, -0.15) is 0 Å². The largest absolute Gasteiger partial charge is 0.317 e. The number of piperidine rings is 1. The van der Waals surface area contributed by atoms with Crippen LogP contribution in [0.3, 0.4) is 0 Å². The van der Waals surface area contributed by atoms with Crippen molar-refractivity contribution in [2.24, 2.45) is 4.99 Å². The third kappa shape index (κ3) is 3.07. The second-order valence-electron chi connectivity index (χ2n) is 4.56. The normalized spacial score (nSPS) is 19.3. The van der Waals surface area contributed by atoms with Crippen LogP contribution in [0.4, 0.5) is 0 Å². The molecule has 0 aliphatic carbocycles. The van der Waals surface area contributed by atoms with Crippen LogP contribution >= 0.6 is 0 Å². The van der Waals surface area contributed by atoms with E-state index in [9.17, 15) is 4.79 Å². The number of carbonyl (C=O) groups is 1. The van der Waals surface area contributed by atoms with E-state index < -0.39 is 5.54 Å². The first kappa shape index (κ1) is 16.4. The molecular weight excluding hydrogens is 250 g/mol. The topological polar surface area (TPSA) is 53.5 Å². The van der Waals surface area contributed by atoms with Crippen LogP contribution in [-0.2, 0) is 4.79 Å². The quantitative estimate of drug-likeness (QED) is 0.826. The Hall–Kier alpha value is -1.68. The van der Waals surface area contributed by atoms with Crippen molar-refractivity contribution >= 4 is 11.7 Å². The standard InChI is InChI=1S/C13H15N3O.C2H6.CH4/c17-12-13(6-8-14-9-7-13)16-11(15-12)10-4-2-1-3-5-10;1-2;/h1-5,14H,6-9H2,(H,15,16,17);1-2H3;1H4. The van der Waals surface area contributed by atoms with Crippen molar-refractivity contribution in [3.05, 3.63) is 35.9 Å². The first-order valence-corrected chi connectivity index (χ1v) is 6.98. The van der Waals surface area contributed by atoms with Gasteiger partial charge in [-0.15, -0.1) is 0 Å². The zero-order chi connectivity index (χ0) is 13.7. The maximum atomic E-state index is 12.1. The molecule has 3 rings (SSSR count). The van der Waals surface area contributed by atoms with Crippen LogP contribution in [0.15, 0.2) is 35.3 Å². The van der Waals surface area contributed by atoms with Crippen LogP contribution in [0.25, 0.3) is 0 Å². The Morgan fingerprint density at radius 2 is 1.70 bits per heavy atom. The number of nitrogens with zero attached hydrogens (tertiary/aromatic N) is 1. The van der Waals surface area contributed by atoms with Gasteiger partial charge in [-0.05, 0) is 25.9 Å². The molecule has 0 radical (unpaired) electrons. The van der Waals surface area contributed by atoms with E-state index in [0.717, 1.165) is 37.3 Å². The average molecular weight is 275 g/mol. The molecule has 110 valence electrons. The highest BCUT2D eigenvalue weighted by molar-refractivity contribution is 6.15. The molecule has 1 saturated heterocycles. The Morgan fingerprint density at radius 1 is 1.10 bits per heavy atom. The van der Waals surface area contributed by atoms with Crippen LogP contribution < -0.4 is 10.6 Å². The Bertz CT molecular complexity index is 462. The Balaban J connectivity index is 0.000000639. The molecule has 4 heteroatoms. The van der Waals surface area contributed by atoms with E-state index in [1.165, 1.54) is 0 Å². The van der Waals surface area contributed by atoms with Gasteiger partial charge in [0.15, 0.2) is 0 Å². The summed E-state index contributed by atoms with van der Waals surface area (Å²) in [5, 5.41) is 6.18. The van der Waals surface area contributed by atoms with E-state index in [1.807, 2.05) is 44.2 Å². The van der Waals surface area contributed by atoms with E-state index in [2.05, 4.69) is 15.6 Å². The molecule has 4 nitrogen and oxygen atoms in total. The van der Waals surface area contributed by atoms with Crippen LogP contribution in [0.2, 0.25) is 0 Å². The number of hydrogen-bond donors (Lipinski definition) is 2. The zero-order valence-electron chi connectivity index (χ0n) is 11.6. The third-order valence-corrected chi connectivity index (χ3v) is 3.46. The molecule has 20 heavy (non-hydrogen) atoms. The molecule has 0 atom stereocenters. The summed E-state index contributed by atoms with van der Waals surface area (Å²) in [6, 6.07) is 9.81. The number of carbonyl (C=O) groups excluding carboxylic acids is 1. The van der Waals surface area contributed by atoms with E-state index in [0.29, 0.717) is 0 Å². The maximum absolute atomic E-state index is 12.1. The lowest BCUT2D eigenvalue weighted by atomic mass is 9.89. The molecule has 0 aromatic heterocycles. The third-order valence-electron chi connectivity index (χ3n) is 3.46. The molecular formula is C16H25N3O. The van der Waals surface area contributed by atoms with Crippen LogP contribution in [0.5, 0.6) is 0 Å². The minimum Gasteiger partial charge on any atom is -0.317 e. The Kier molecular flexibility index (Phi) is 5.89. The van der Waals surface area contributed by atoms with Crippen molar-refractivity contribution < 1.29 is 4.79 Å². The van der Waals surface area contributed by atoms with Crippen molar-refractivity contribution in [1.29, 1.82) is 0 Å². The summed E-state index contributed by atoms with van der Waals surface area (Å²) in [6.07, 6.45) is 1.57. The van der Waals surface area contributed by atoms with Gasteiger partial charge in [-0.25, -0.2) is 0 Å². The summed E-state index contributed by atoms with van der Waals surface area (Å²) in [5.74, 6) is 0.773. The average Bonchev–Trinajstić information content (AvgIpc) is 2.80. The van der Waals surface area contributed by atoms with E-state index in [1.54, 1.807) is 0 Å². The number of benzene rings is 1. The Labute approximate surface area is 121 Å². The summed E-state index contributed by atoms with van der Waals surface area (Å²) in [6.45, 7) is 5.72. The molecule has 1 aromatic carbocycles. The molecule has 2 aliphatic rings. The summed E-state index contributed by atoms with van der Waals surface area (Å²) in [4.78, 5) is 16.7. The highest BCUT2D eigenvalue weighted by atomic mass is 16.2. The molecule has 1 fully saturated rings. The van der Waals surface area contributed by atoms with Crippen molar-refractivity contribution in [1.82, 2.24) is 10.6 Å². The van der Waals surface area contributed by atoms with Crippen molar-refractivity contribution in [2.45, 2.75) is 39.7 Å². The fraction of sp³-hybridized carbons (Fsp3) is 0.500. The van der Waals surface area contributed by atoms with Gasteiger partial charge in [-0.1, -0.05) is 51.6 Å². The first-order valence-electron chi connectivity index (χ1n) is 6.98. The minimum absolute atomic E-state index is 0. The fourth-order valence-electron chi connectivity index (χ4n) is 2.43. The number of nitrogens with one attached hydrogen (secondary N) is 2. The first-order chi connectivity index (χ1) is 9.30. The van der Waals surface area contributed by atoms with Gasteiger partial charge in [0.1, 0.15) is 11.4 Å². The number of rotatable bonds is 1. The second-order valence-corrected chi connectivity index (χ2v) is 4.56. The Morgan fingerprint density at radius 3 is 2.30 bits per heavy atom. The SMILES string of the molecule is C.CC.O=C1NC(c2ccccc2)=NC12CCNCC2. The molecule has 0 bridgehead atoms. The highest BCUT2D eigenvalue weighted by Gasteiger charge is 2.44. The number of amidine groups is 1. The molecule has 2 N–H and O–H groups in total. The summed E-state index contributed by atoms with van der Waals surface area (Å²) >= 11 is 0. The van der Waals surface area contributed by atoms with Crippen molar-refractivity contribution in [2.75, 3.05) is 13.1 Å². The minimum atomic E-state index is -0.517.